The molecule has 104 valence electrons. The van der Waals surface area contributed by atoms with Gasteiger partial charge in [-0.3, -0.25) is 4.79 Å². The summed E-state index contributed by atoms with van der Waals surface area (Å²) in [6.07, 6.45) is 1.81. The number of rotatable bonds is 4. The Morgan fingerprint density at radius 3 is 2.68 bits per heavy atom. The van der Waals surface area contributed by atoms with Crippen molar-refractivity contribution in [1.82, 2.24) is 10.6 Å². The molecule has 0 bridgehead atoms. The van der Waals surface area contributed by atoms with E-state index in [0.717, 1.165) is 19.4 Å². The Bertz CT molecular complexity index is 442. The number of carbonyl (C=O) groups excluding carboxylic acids is 1. The van der Waals surface area contributed by atoms with E-state index in [2.05, 4.69) is 43.5 Å². The third-order valence-electron chi connectivity index (χ3n) is 3.61. The molecule has 19 heavy (non-hydrogen) atoms. The Balaban J connectivity index is 1.92. The number of benzene rings is 1. The van der Waals surface area contributed by atoms with Crippen LogP contribution in [0.3, 0.4) is 0 Å². The number of hydrogen-bond donors (Lipinski definition) is 2. The molecule has 2 rings (SSSR count). The molecule has 1 amide bonds. The van der Waals surface area contributed by atoms with E-state index in [1.807, 2.05) is 12.1 Å². The van der Waals surface area contributed by atoms with Crippen LogP contribution in [0, 0.1) is 5.92 Å². The van der Waals surface area contributed by atoms with Crippen LogP contribution in [0.1, 0.15) is 38.3 Å². The van der Waals surface area contributed by atoms with Crippen LogP contribution in [0.5, 0.6) is 0 Å². The molecule has 0 spiro atoms. The summed E-state index contributed by atoms with van der Waals surface area (Å²) in [6, 6.07) is 8.48. The van der Waals surface area contributed by atoms with Crippen LogP contribution in [0.2, 0.25) is 0 Å². The zero-order chi connectivity index (χ0) is 13.8. The van der Waals surface area contributed by atoms with Gasteiger partial charge in [0.05, 0.1) is 6.04 Å². The van der Waals surface area contributed by atoms with E-state index in [4.69, 9.17) is 0 Å². The van der Waals surface area contributed by atoms with Crippen molar-refractivity contribution in [2.24, 2.45) is 5.92 Å². The minimum Gasteiger partial charge on any atom is -0.352 e. The summed E-state index contributed by atoms with van der Waals surface area (Å²) in [5, 5.41) is 6.43. The summed E-state index contributed by atoms with van der Waals surface area (Å²) >= 11 is 0. The van der Waals surface area contributed by atoms with Gasteiger partial charge in [-0.15, -0.1) is 0 Å². The lowest BCUT2D eigenvalue weighted by molar-refractivity contribution is -0.124. The van der Waals surface area contributed by atoms with Gasteiger partial charge in [-0.1, -0.05) is 38.1 Å². The standard InChI is InChI=1S/C16H24N2O/c1-11(2)8-12(3)18-16(19)15-9-13-6-4-5-7-14(13)10-17-15/h4-7,11-12,15,17H,8-10H2,1-3H3,(H,18,19)/t12?,15-/m1/s1. The molecule has 0 aromatic heterocycles. The fourth-order valence-corrected chi connectivity index (χ4v) is 2.75. The number of nitrogens with one attached hydrogen (secondary N) is 2. The Labute approximate surface area is 115 Å². The van der Waals surface area contributed by atoms with Crippen LogP contribution in [-0.2, 0) is 17.8 Å². The van der Waals surface area contributed by atoms with Crippen molar-refractivity contribution in [2.75, 3.05) is 0 Å². The molecular formula is C16H24N2O. The Morgan fingerprint density at radius 1 is 1.32 bits per heavy atom. The van der Waals surface area contributed by atoms with Crippen LogP contribution < -0.4 is 10.6 Å². The van der Waals surface area contributed by atoms with E-state index >= 15 is 0 Å². The molecule has 3 heteroatoms. The average molecular weight is 260 g/mol. The number of fused-ring (bicyclic) bond motifs is 1. The Kier molecular flexibility index (Phi) is 4.59. The molecular weight excluding hydrogens is 236 g/mol. The van der Waals surface area contributed by atoms with Crippen LogP contribution in [0.4, 0.5) is 0 Å². The Hall–Kier alpha value is -1.35. The largest absolute Gasteiger partial charge is 0.352 e. The van der Waals surface area contributed by atoms with Gasteiger partial charge in [0.15, 0.2) is 0 Å². The van der Waals surface area contributed by atoms with E-state index in [0.29, 0.717) is 5.92 Å². The lowest BCUT2D eigenvalue weighted by atomic mass is 9.95. The van der Waals surface area contributed by atoms with Gasteiger partial charge in [-0.05, 0) is 36.8 Å². The molecule has 0 radical (unpaired) electrons. The van der Waals surface area contributed by atoms with Crippen molar-refractivity contribution < 1.29 is 4.79 Å². The highest BCUT2D eigenvalue weighted by Crippen LogP contribution is 2.16. The van der Waals surface area contributed by atoms with E-state index in [1.54, 1.807) is 0 Å². The fourth-order valence-electron chi connectivity index (χ4n) is 2.75. The summed E-state index contributed by atoms with van der Waals surface area (Å²) in [4.78, 5) is 12.2. The predicted molar refractivity (Wildman–Crippen MR) is 77.8 cm³/mol. The van der Waals surface area contributed by atoms with Gasteiger partial charge in [-0.2, -0.15) is 0 Å². The van der Waals surface area contributed by atoms with Gasteiger partial charge in [0.1, 0.15) is 0 Å². The van der Waals surface area contributed by atoms with E-state index in [9.17, 15) is 4.79 Å². The minimum absolute atomic E-state index is 0.0930. The van der Waals surface area contributed by atoms with Crippen molar-refractivity contribution in [3.8, 4) is 0 Å². The van der Waals surface area contributed by atoms with Crippen molar-refractivity contribution in [1.29, 1.82) is 0 Å². The molecule has 1 unspecified atom stereocenters. The lowest BCUT2D eigenvalue weighted by Crippen LogP contribution is -2.50. The molecule has 1 aliphatic rings. The fraction of sp³-hybridized carbons (Fsp3) is 0.562. The second-order valence-corrected chi connectivity index (χ2v) is 5.95. The van der Waals surface area contributed by atoms with Gasteiger partial charge in [-0.25, -0.2) is 0 Å². The second-order valence-electron chi connectivity index (χ2n) is 5.95. The summed E-state index contributed by atoms with van der Waals surface area (Å²) < 4.78 is 0. The molecule has 0 aliphatic carbocycles. The molecule has 3 nitrogen and oxygen atoms in total. The number of carbonyl (C=O) groups is 1. The third-order valence-corrected chi connectivity index (χ3v) is 3.61. The summed E-state index contributed by atoms with van der Waals surface area (Å²) in [5.74, 6) is 0.734. The number of amides is 1. The molecule has 1 aliphatic heterocycles. The topological polar surface area (TPSA) is 41.1 Å². The average Bonchev–Trinajstić information content (AvgIpc) is 2.37. The van der Waals surface area contributed by atoms with Crippen LogP contribution in [0.15, 0.2) is 24.3 Å². The molecule has 0 fully saturated rings. The molecule has 0 saturated heterocycles. The third kappa shape index (κ3) is 3.80. The van der Waals surface area contributed by atoms with E-state index < -0.39 is 0 Å². The van der Waals surface area contributed by atoms with Crippen LogP contribution >= 0.6 is 0 Å². The highest BCUT2D eigenvalue weighted by atomic mass is 16.2. The first-order valence-corrected chi connectivity index (χ1v) is 7.16. The molecule has 2 atom stereocenters. The lowest BCUT2D eigenvalue weighted by Gasteiger charge is -2.27. The smallest absolute Gasteiger partial charge is 0.237 e. The molecule has 1 aromatic carbocycles. The van der Waals surface area contributed by atoms with Gasteiger partial charge < -0.3 is 10.6 Å². The minimum atomic E-state index is -0.0930. The highest BCUT2D eigenvalue weighted by Gasteiger charge is 2.24. The van der Waals surface area contributed by atoms with Gasteiger partial charge in [0.25, 0.3) is 0 Å². The van der Waals surface area contributed by atoms with Crippen LogP contribution in [-0.4, -0.2) is 18.0 Å². The predicted octanol–water partition coefficient (Wildman–Crippen LogP) is 2.25. The molecule has 2 N–H and O–H groups in total. The van der Waals surface area contributed by atoms with E-state index in [1.165, 1.54) is 11.1 Å². The van der Waals surface area contributed by atoms with E-state index in [-0.39, 0.29) is 18.0 Å². The summed E-state index contributed by atoms with van der Waals surface area (Å²) in [5.41, 5.74) is 2.60. The Morgan fingerprint density at radius 2 is 2.00 bits per heavy atom. The first kappa shape index (κ1) is 14.1. The molecule has 0 saturated carbocycles. The monoisotopic (exact) mass is 260 g/mol. The zero-order valence-electron chi connectivity index (χ0n) is 12.1. The normalized spacial score (nSPS) is 19.9. The maximum atomic E-state index is 12.2. The summed E-state index contributed by atoms with van der Waals surface area (Å²) in [7, 11) is 0. The maximum absolute atomic E-state index is 12.2. The van der Waals surface area contributed by atoms with Crippen molar-refractivity contribution in [3.05, 3.63) is 35.4 Å². The first-order valence-electron chi connectivity index (χ1n) is 7.16. The second kappa shape index (κ2) is 6.20. The highest BCUT2D eigenvalue weighted by molar-refractivity contribution is 5.82. The van der Waals surface area contributed by atoms with Crippen LogP contribution in [0.25, 0.3) is 0 Å². The van der Waals surface area contributed by atoms with Crippen molar-refractivity contribution in [3.63, 3.8) is 0 Å². The maximum Gasteiger partial charge on any atom is 0.237 e. The zero-order valence-corrected chi connectivity index (χ0v) is 12.1. The molecule has 1 heterocycles. The first-order chi connectivity index (χ1) is 9.06. The summed E-state index contributed by atoms with van der Waals surface area (Å²) in [6.45, 7) is 7.22. The van der Waals surface area contributed by atoms with Crippen molar-refractivity contribution >= 4 is 5.91 Å². The number of hydrogen-bond acceptors (Lipinski definition) is 2. The SMILES string of the molecule is CC(C)CC(C)NC(=O)[C@H]1Cc2ccccc2CN1. The van der Waals surface area contributed by atoms with Gasteiger partial charge in [0.2, 0.25) is 5.91 Å². The van der Waals surface area contributed by atoms with Gasteiger partial charge in [0, 0.05) is 12.6 Å². The van der Waals surface area contributed by atoms with Gasteiger partial charge >= 0.3 is 0 Å². The molecule has 1 aromatic rings. The van der Waals surface area contributed by atoms with Crippen molar-refractivity contribution in [2.45, 2.75) is 52.2 Å². The quantitative estimate of drug-likeness (QED) is 0.872.